The third kappa shape index (κ3) is 4.93. The molecule has 6 nitrogen and oxygen atoms in total. The van der Waals surface area contributed by atoms with Crippen LogP contribution in [0.25, 0.3) is 10.8 Å². The van der Waals surface area contributed by atoms with Gasteiger partial charge >= 0.3 is 6.09 Å². The van der Waals surface area contributed by atoms with Crippen LogP contribution in [0.4, 0.5) is 4.79 Å². The SMILES string of the molecule is CCOC(=O)N1CCN(C(=O)CCN(Cc2cccc3ccccc23)C2CC2)CC1. The molecule has 0 bridgehead atoms. The fourth-order valence-electron chi connectivity index (χ4n) is 4.23. The Bertz CT molecular complexity index is 883. The van der Waals surface area contributed by atoms with Crippen LogP contribution in [-0.4, -0.2) is 72.1 Å². The summed E-state index contributed by atoms with van der Waals surface area (Å²) in [7, 11) is 0. The topological polar surface area (TPSA) is 53.1 Å². The highest BCUT2D eigenvalue weighted by atomic mass is 16.6. The molecule has 2 aliphatic rings. The maximum absolute atomic E-state index is 12.8. The molecule has 4 rings (SSSR count). The Morgan fingerprint density at radius 2 is 1.70 bits per heavy atom. The molecule has 0 N–H and O–H groups in total. The number of fused-ring (bicyclic) bond motifs is 1. The molecular formula is C24H31N3O3. The second-order valence-electron chi connectivity index (χ2n) is 8.16. The van der Waals surface area contributed by atoms with Crippen molar-refractivity contribution in [2.75, 3.05) is 39.3 Å². The summed E-state index contributed by atoms with van der Waals surface area (Å²) < 4.78 is 5.05. The third-order valence-electron chi connectivity index (χ3n) is 6.09. The number of ether oxygens (including phenoxy) is 1. The Hall–Kier alpha value is -2.60. The highest BCUT2D eigenvalue weighted by Crippen LogP contribution is 2.30. The van der Waals surface area contributed by atoms with Crippen LogP contribution in [0.3, 0.4) is 0 Å². The van der Waals surface area contributed by atoms with Crippen molar-refractivity contribution in [3.63, 3.8) is 0 Å². The van der Waals surface area contributed by atoms with Gasteiger partial charge in [-0.2, -0.15) is 0 Å². The van der Waals surface area contributed by atoms with Crippen LogP contribution in [0.15, 0.2) is 42.5 Å². The molecule has 0 aromatic heterocycles. The monoisotopic (exact) mass is 409 g/mol. The van der Waals surface area contributed by atoms with Crippen molar-refractivity contribution in [3.8, 4) is 0 Å². The van der Waals surface area contributed by atoms with Gasteiger partial charge in [-0.1, -0.05) is 42.5 Å². The summed E-state index contributed by atoms with van der Waals surface area (Å²) >= 11 is 0. The van der Waals surface area contributed by atoms with E-state index in [1.165, 1.54) is 29.2 Å². The van der Waals surface area contributed by atoms with E-state index in [9.17, 15) is 9.59 Å². The summed E-state index contributed by atoms with van der Waals surface area (Å²) in [6.07, 6.45) is 2.69. The summed E-state index contributed by atoms with van der Waals surface area (Å²) in [4.78, 5) is 30.6. The normalized spacial score (nSPS) is 16.9. The van der Waals surface area contributed by atoms with Gasteiger partial charge in [-0.3, -0.25) is 9.69 Å². The van der Waals surface area contributed by atoms with Gasteiger partial charge in [-0.05, 0) is 36.1 Å². The molecule has 1 heterocycles. The molecule has 1 aliphatic heterocycles. The molecule has 1 saturated carbocycles. The molecule has 2 aromatic rings. The van der Waals surface area contributed by atoms with Gasteiger partial charge in [0, 0.05) is 51.7 Å². The Morgan fingerprint density at radius 3 is 2.43 bits per heavy atom. The van der Waals surface area contributed by atoms with Crippen LogP contribution in [0.1, 0.15) is 31.7 Å². The van der Waals surface area contributed by atoms with Crippen molar-refractivity contribution >= 4 is 22.8 Å². The van der Waals surface area contributed by atoms with Crippen LogP contribution < -0.4 is 0 Å². The zero-order chi connectivity index (χ0) is 20.9. The maximum Gasteiger partial charge on any atom is 0.409 e. The van der Waals surface area contributed by atoms with Crippen molar-refractivity contribution in [2.45, 2.75) is 38.8 Å². The summed E-state index contributed by atoms with van der Waals surface area (Å²) in [6.45, 7) is 6.13. The Labute approximate surface area is 178 Å². The fourth-order valence-corrected chi connectivity index (χ4v) is 4.23. The van der Waals surface area contributed by atoms with Gasteiger partial charge < -0.3 is 14.5 Å². The van der Waals surface area contributed by atoms with Gasteiger partial charge in [0.1, 0.15) is 0 Å². The number of carbonyl (C=O) groups excluding carboxylic acids is 2. The molecule has 160 valence electrons. The first-order valence-electron chi connectivity index (χ1n) is 11.1. The van der Waals surface area contributed by atoms with Crippen molar-refractivity contribution < 1.29 is 14.3 Å². The molecule has 0 atom stereocenters. The number of carbonyl (C=O) groups is 2. The van der Waals surface area contributed by atoms with Crippen molar-refractivity contribution in [3.05, 3.63) is 48.0 Å². The lowest BCUT2D eigenvalue weighted by atomic mass is 10.0. The van der Waals surface area contributed by atoms with Gasteiger partial charge in [0.15, 0.2) is 0 Å². The van der Waals surface area contributed by atoms with E-state index in [1.54, 1.807) is 4.90 Å². The zero-order valence-corrected chi connectivity index (χ0v) is 17.8. The number of hydrogen-bond donors (Lipinski definition) is 0. The van der Waals surface area contributed by atoms with Crippen LogP contribution in [0.2, 0.25) is 0 Å². The molecule has 2 fully saturated rings. The van der Waals surface area contributed by atoms with Gasteiger partial charge in [-0.25, -0.2) is 4.79 Å². The summed E-state index contributed by atoms with van der Waals surface area (Å²) in [5.41, 5.74) is 1.33. The summed E-state index contributed by atoms with van der Waals surface area (Å²) in [5.74, 6) is 0.182. The van der Waals surface area contributed by atoms with E-state index in [2.05, 4.69) is 47.4 Å². The number of amides is 2. The molecule has 0 unspecified atom stereocenters. The van der Waals surface area contributed by atoms with Gasteiger partial charge in [0.2, 0.25) is 5.91 Å². The lowest BCUT2D eigenvalue weighted by Gasteiger charge is -2.34. The number of nitrogens with zero attached hydrogens (tertiary/aromatic N) is 3. The minimum Gasteiger partial charge on any atom is -0.450 e. The largest absolute Gasteiger partial charge is 0.450 e. The Balaban J connectivity index is 1.31. The molecule has 6 heteroatoms. The summed E-state index contributed by atoms with van der Waals surface area (Å²) in [5, 5.41) is 2.56. The zero-order valence-electron chi connectivity index (χ0n) is 17.8. The fraction of sp³-hybridized carbons (Fsp3) is 0.500. The lowest BCUT2D eigenvalue weighted by molar-refractivity contribution is -0.133. The van der Waals surface area contributed by atoms with Crippen molar-refractivity contribution in [1.82, 2.24) is 14.7 Å². The molecule has 2 amide bonds. The average Bonchev–Trinajstić information content (AvgIpc) is 3.62. The van der Waals surface area contributed by atoms with E-state index in [-0.39, 0.29) is 12.0 Å². The van der Waals surface area contributed by atoms with E-state index in [4.69, 9.17) is 4.74 Å². The number of rotatable bonds is 7. The quantitative estimate of drug-likeness (QED) is 0.702. The standard InChI is InChI=1S/C24H31N3O3/c1-2-30-24(29)26-16-14-25(15-17-26)23(28)12-13-27(21-10-11-21)18-20-8-5-7-19-6-3-4-9-22(19)20/h3-9,21H,2,10-18H2,1H3. The van der Waals surface area contributed by atoms with Crippen molar-refractivity contribution in [2.24, 2.45) is 0 Å². The number of benzene rings is 2. The molecule has 0 radical (unpaired) electrons. The van der Waals surface area contributed by atoms with E-state index >= 15 is 0 Å². The molecule has 1 saturated heterocycles. The van der Waals surface area contributed by atoms with Crippen LogP contribution in [0, 0.1) is 0 Å². The summed E-state index contributed by atoms with van der Waals surface area (Å²) in [6, 6.07) is 15.6. The molecule has 1 aliphatic carbocycles. The first-order valence-corrected chi connectivity index (χ1v) is 11.1. The Kier molecular flexibility index (Phi) is 6.53. The third-order valence-corrected chi connectivity index (χ3v) is 6.09. The first-order chi connectivity index (χ1) is 14.7. The van der Waals surface area contributed by atoms with E-state index in [1.807, 2.05) is 11.8 Å². The molecular weight excluding hydrogens is 378 g/mol. The first kappa shape index (κ1) is 20.7. The average molecular weight is 410 g/mol. The predicted molar refractivity (Wildman–Crippen MR) is 117 cm³/mol. The van der Waals surface area contributed by atoms with Crippen LogP contribution >= 0.6 is 0 Å². The molecule has 0 spiro atoms. The van der Waals surface area contributed by atoms with Gasteiger partial charge in [0.25, 0.3) is 0 Å². The van der Waals surface area contributed by atoms with E-state index < -0.39 is 0 Å². The highest BCUT2D eigenvalue weighted by molar-refractivity contribution is 5.85. The lowest BCUT2D eigenvalue weighted by Crippen LogP contribution is -2.51. The van der Waals surface area contributed by atoms with Crippen LogP contribution in [0.5, 0.6) is 0 Å². The van der Waals surface area contributed by atoms with Crippen LogP contribution in [-0.2, 0) is 16.1 Å². The van der Waals surface area contributed by atoms with E-state index in [0.29, 0.717) is 45.2 Å². The highest BCUT2D eigenvalue weighted by Gasteiger charge is 2.30. The Morgan fingerprint density at radius 1 is 1.00 bits per heavy atom. The van der Waals surface area contributed by atoms with Crippen molar-refractivity contribution in [1.29, 1.82) is 0 Å². The second kappa shape index (κ2) is 9.47. The minimum atomic E-state index is -0.278. The van der Waals surface area contributed by atoms with Gasteiger partial charge in [0.05, 0.1) is 6.61 Å². The maximum atomic E-state index is 12.8. The van der Waals surface area contributed by atoms with E-state index in [0.717, 1.165) is 13.1 Å². The minimum absolute atomic E-state index is 0.182. The smallest absolute Gasteiger partial charge is 0.409 e. The number of hydrogen-bond acceptors (Lipinski definition) is 4. The molecule has 2 aromatic carbocycles. The number of piperazine rings is 1. The van der Waals surface area contributed by atoms with Gasteiger partial charge in [-0.15, -0.1) is 0 Å². The second-order valence-corrected chi connectivity index (χ2v) is 8.16. The predicted octanol–water partition coefficient (Wildman–Crippen LogP) is 3.50. The molecule has 30 heavy (non-hydrogen) atoms.